The Balaban J connectivity index is 2.51. The standard InChI is InChI=1S/C26H33ClF3N3O5S/c1-5-7-13-31-25(35)23(6-2)32(16-18-9-8-10-20(14-18)38-3)24(34)17-33(39(4,36)37)19-11-12-22(27)21(15-19)26(28,29)30/h8-12,14-15,23H,5-7,13,16-17H2,1-4H3,(H,31,35)/t23-/m1/s1. The van der Waals surface area contributed by atoms with E-state index in [1.807, 2.05) is 6.92 Å². The number of carbonyl (C=O) groups excluding carboxylic acids is 2. The Hall–Kier alpha value is -2.99. The van der Waals surface area contributed by atoms with Crippen molar-refractivity contribution in [3.8, 4) is 5.75 Å². The molecular formula is C26H33ClF3N3O5S. The van der Waals surface area contributed by atoms with Crippen molar-refractivity contribution >= 4 is 39.1 Å². The molecule has 0 heterocycles. The summed E-state index contributed by atoms with van der Waals surface area (Å²) in [6.07, 6.45) is -2.28. The van der Waals surface area contributed by atoms with Gasteiger partial charge in [0.05, 0.1) is 29.6 Å². The molecule has 0 aliphatic carbocycles. The molecule has 0 aliphatic heterocycles. The van der Waals surface area contributed by atoms with Crippen molar-refractivity contribution in [3.63, 3.8) is 0 Å². The van der Waals surface area contributed by atoms with Crippen molar-refractivity contribution in [1.82, 2.24) is 10.2 Å². The molecule has 0 aliphatic rings. The number of nitrogens with one attached hydrogen (secondary N) is 1. The summed E-state index contributed by atoms with van der Waals surface area (Å²) in [7, 11) is -2.75. The maximum Gasteiger partial charge on any atom is 0.417 e. The third-order valence-corrected chi connectivity index (χ3v) is 7.40. The molecule has 216 valence electrons. The molecule has 0 radical (unpaired) electrons. The zero-order valence-corrected chi connectivity index (χ0v) is 23.8. The number of unbranched alkanes of at least 4 members (excludes halogenated alkanes) is 1. The average molecular weight is 592 g/mol. The number of amides is 2. The maximum absolute atomic E-state index is 13.7. The van der Waals surface area contributed by atoms with Crippen molar-refractivity contribution in [3.05, 3.63) is 58.6 Å². The third kappa shape index (κ3) is 9.03. The molecule has 0 aromatic heterocycles. The molecule has 0 saturated heterocycles. The molecular weight excluding hydrogens is 559 g/mol. The Morgan fingerprint density at radius 3 is 2.38 bits per heavy atom. The number of rotatable bonds is 13. The summed E-state index contributed by atoms with van der Waals surface area (Å²) in [5.74, 6) is -0.679. The van der Waals surface area contributed by atoms with E-state index < -0.39 is 51.2 Å². The second-order valence-electron chi connectivity index (χ2n) is 8.87. The lowest BCUT2D eigenvalue weighted by atomic mass is 10.1. The molecule has 2 rings (SSSR count). The van der Waals surface area contributed by atoms with Gasteiger partial charge < -0.3 is 15.0 Å². The Kier molecular flexibility index (Phi) is 11.5. The van der Waals surface area contributed by atoms with Crippen molar-refractivity contribution in [2.45, 2.75) is 51.9 Å². The van der Waals surface area contributed by atoms with Gasteiger partial charge in [-0.05, 0) is 48.7 Å². The van der Waals surface area contributed by atoms with Crippen LogP contribution in [0, 0.1) is 0 Å². The summed E-state index contributed by atoms with van der Waals surface area (Å²) in [5.41, 5.74) is -1.01. The van der Waals surface area contributed by atoms with Gasteiger partial charge in [0.2, 0.25) is 21.8 Å². The molecule has 0 bridgehead atoms. The second-order valence-corrected chi connectivity index (χ2v) is 11.2. The summed E-state index contributed by atoms with van der Waals surface area (Å²) >= 11 is 5.70. The molecule has 2 aromatic rings. The predicted molar refractivity (Wildman–Crippen MR) is 144 cm³/mol. The second kappa shape index (κ2) is 13.9. The first-order valence-corrected chi connectivity index (χ1v) is 14.5. The SMILES string of the molecule is CCCCNC(=O)[C@@H](CC)N(Cc1cccc(OC)c1)C(=O)CN(c1ccc(Cl)c(C(F)(F)F)c1)S(C)(=O)=O. The van der Waals surface area contributed by atoms with Gasteiger partial charge in [0, 0.05) is 13.1 Å². The van der Waals surface area contributed by atoms with E-state index in [1.54, 1.807) is 31.2 Å². The number of ether oxygens (including phenoxy) is 1. The van der Waals surface area contributed by atoms with Gasteiger partial charge in [0.15, 0.2) is 0 Å². The summed E-state index contributed by atoms with van der Waals surface area (Å²) < 4.78 is 71.6. The van der Waals surface area contributed by atoms with E-state index in [-0.39, 0.29) is 18.7 Å². The van der Waals surface area contributed by atoms with Gasteiger partial charge in [-0.1, -0.05) is 44.0 Å². The quantitative estimate of drug-likeness (QED) is 0.336. The summed E-state index contributed by atoms with van der Waals surface area (Å²) in [6, 6.07) is 8.43. The van der Waals surface area contributed by atoms with Crippen molar-refractivity contribution in [1.29, 1.82) is 0 Å². The number of anilines is 1. The minimum Gasteiger partial charge on any atom is -0.497 e. The number of sulfonamides is 1. The highest BCUT2D eigenvalue weighted by molar-refractivity contribution is 7.92. The summed E-state index contributed by atoms with van der Waals surface area (Å²) in [6.45, 7) is 3.16. The maximum atomic E-state index is 13.7. The molecule has 1 atom stereocenters. The van der Waals surface area contributed by atoms with E-state index in [4.69, 9.17) is 16.3 Å². The fourth-order valence-corrected chi connectivity index (χ4v) is 4.96. The van der Waals surface area contributed by atoms with E-state index in [2.05, 4.69) is 5.32 Å². The van der Waals surface area contributed by atoms with Gasteiger partial charge in [-0.3, -0.25) is 13.9 Å². The van der Waals surface area contributed by atoms with Crippen LogP contribution in [-0.2, 0) is 32.3 Å². The van der Waals surface area contributed by atoms with Crippen LogP contribution in [0.4, 0.5) is 18.9 Å². The van der Waals surface area contributed by atoms with Crippen LogP contribution in [0.3, 0.4) is 0 Å². The fraction of sp³-hybridized carbons (Fsp3) is 0.462. The molecule has 2 amide bonds. The van der Waals surface area contributed by atoms with Crippen LogP contribution < -0.4 is 14.4 Å². The molecule has 13 heteroatoms. The van der Waals surface area contributed by atoms with Crippen molar-refractivity contribution in [2.75, 3.05) is 30.8 Å². The van der Waals surface area contributed by atoms with Crippen LogP contribution in [0.25, 0.3) is 0 Å². The summed E-state index contributed by atoms with van der Waals surface area (Å²) in [4.78, 5) is 28.0. The molecule has 1 N–H and O–H groups in total. The topological polar surface area (TPSA) is 96.0 Å². The largest absolute Gasteiger partial charge is 0.497 e. The van der Waals surface area contributed by atoms with Crippen molar-refractivity contribution < 1.29 is 35.9 Å². The molecule has 2 aromatic carbocycles. The molecule has 8 nitrogen and oxygen atoms in total. The monoisotopic (exact) mass is 591 g/mol. The Morgan fingerprint density at radius 1 is 1.13 bits per heavy atom. The van der Waals surface area contributed by atoms with Crippen LogP contribution in [-0.4, -0.2) is 57.6 Å². The highest BCUT2D eigenvalue weighted by Gasteiger charge is 2.36. The molecule has 39 heavy (non-hydrogen) atoms. The van der Waals surface area contributed by atoms with Gasteiger partial charge in [0.1, 0.15) is 18.3 Å². The third-order valence-electron chi connectivity index (χ3n) is 5.93. The van der Waals surface area contributed by atoms with E-state index in [0.29, 0.717) is 28.2 Å². The Morgan fingerprint density at radius 2 is 1.82 bits per heavy atom. The lowest BCUT2D eigenvalue weighted by Crippen LogP contribution is -2.52. The van der Waals surface area contributed by atoms with Crippen LogP contribution >= 0.6 is 11.6 Å². The lowest BCUT2D eigenvalue weighted by molar-refractivity contribution is -0.140. The highest BCUT2D eigenvalue weighted by Crippen LogP contribution is 2.37. The van der Waals surface area contributed by atoms with Gasteiger partial charge >= 0.3 is 6.18 Å². The first-order chi connectivity index (χ1) is 18.2. The molecule has 0 unspecified atom stereocenters. The van der Waals surface area contributed by atoms with Gasteiger partial charge in [-0.2, -0.15) is 13.2 Å². The molecule has 0 spiro atoms. The number of benzene rings is 2. The molecule has 0 saturated carbocycles. The van der Waals surface area contributed by atoms with Crippen LogP contribution in [0.2, 0.25) is 5.02 Å². The normalized spacial score (nSPS) is 12.5. The van der Waals surface area contributed by atoms with E-state index >= 15 is 0 Å². The van der Waals surface area contributed by atoms with Gasteiger partial charge in [0.25, 0.3) is 0 Å². The van der Waals surface area contributed by atoms with E-state index in [9.17, 15) is 31.2 Å². The number of hydrogen-bond donors (Lipinski definition) is 1. The fourth-order valence-electron chi connectivity index (χ4n) is 3.89. The minimum absolute atomic E-state index is 0.0677. The molecule has 0 fully saturated rings. The zero-order valence-electron chi connectivity index (χ0n) is 22.2. The number of methoxy groups -OCH3 is 1. The number of hydrogen-bond acceptors (Lipinski definition) is 5. The lowest BCUT2D eigenvalue weighted by Gasteiger charge is -2.33. The Labute approximate surface area is 232 Å². The first-order valence-electron chi connectivity index (χ1n) is 12.3. The number of alkyl halides is 3. The first kappa shape index (κ1) is 32.2. The average Bonchev–Trinajstić information content (AvgIpc) is 2.86. The van der Waals surface area contributed by atoms with E-state index in [0.717, 1.165) is 31.2 Å². The Bertz CT molecular complexity index is 1260. The van der Waals surface area contributed by atoms with Crippen LogP contribution in [0.15, 0.2) is 42.5 Å². The zero-order chi connectivity index (χ0) is 29.4. The van der Waals surface area contributed by atoms with E-state index in [1.165, 1.54) is 12.0 Å². The number of halogens is 4. The smallest absolute Gasteiger partial charge is 0.417 e. The minimum atomic E-state index is -4.84. The van der Waals surface area contributed by atoms with Gasteiger partial charge in [-0.25, -0.2) is 8.42 Å². The van der Waals surface area contributed by atoms with Crippen LogP contribution in [0.5, 0.6) is 5.75 Å². The highest BCUT2D eigenvalue weighted by atomic mass is 35.5. The van der Waals surface area contributed by atoms with Gasteiger partial charge in [-0.15, -0.1) is 0 Å². The predicted octanol–water partition coefficient (Wildman–Crippen LogP) is 4.86. The van der Waals surface area contributed by atoms with Crippen LogP contribution in [0.1, 0.15) is 44.2 Å². The number of nitrogens with zero attached hydrogens (tertiary/aromatic N) is 2. The summed E-state index contributed by atoms with van der Waals surface area (Å²) in [5, 5.41) is 2.18. The van der Waals surface area contributed by atoms with Crippen molar-refractivity contribution in [2.24, 2.45) is 0 Å². The number of carbonyl (C=O) groups is 2.